The number of aryl methyl sites for hydroxylation is 1. The van der Waals surface area contributed by atoms with Crippen molar-refractivity contribution in [3.63, 3.8) is 0 Å². The van der Waals surface area contributed by atoms with Crippen LogP contribution < -0.4 is 9.64 Å². The quantitative estimate of drug-likeness (QED) is 0.856. The molecule has 1 fully saturated rings. The summed E-state index contributed by atoms with van der Waals surface area (Å²) in [5.74, 6) is 0.859. The highest BCUT2D eigenvalue weighted by atomic mass is 16.5. The van der Waals surface area contributed by atoms with E-state index in [0.717, 1.165) is 37.5 Å². The normalized spacial score (nSPS) is 15.8. The highest BCUT2D eigenvalue weighted by Gasteiger charge is 2.26. The van der Waals surface area contributed by atoms with Gasteiger partial charge in [0, 0.05) is 31.9 Å². The van der Waals surface area contributed by atoms with Gasteiger partial charge in [-0.3, -0.25) is 4.79 Å². The number of nitrogens with zero attached hydrogens (tertiary/aromatic N) is 2. The lowest BCUT2D eigenvalue weighted by atomic mass is 10.1. The number of ether oxygens (including phenoxy) is 1. The topological polar surface area (TPSA) is 32.8 Å². The first kappa shape index (κ1) is 17.3. The molecule has 0 unspecified atom stereocenters. The summed E-state index contributed by atoms with van der Waals surface area (Å²) in [6.07, 6.45) is -0.469. The van der Waals surface area contributed by atoms with E-state index >= 15 is 0 Å². The minimum Gasteiger partial charge on any atom is -0.481 e. The molecular formula is C21H26N2O2. The minimum absolute atomic E-state index is 0.0635. The molecule has 1 saturated heterocycles. The van der Waals surface area contributed by atoms with Gasteiger partial charge in [-0.25, -0.2) is 0 Å². The molecule has 0 saturated carbocycles. The van der Waals surface area contributed by atoms with E-state index in [-0.39, 0.29) is 5.91 Å². The van der Waals surface area contributed by atoms with Crippen molar-refractivity contribution in [3.05, 3.63) is 59.7 Å². The second-order valence-electron chi connectivity index (χ2n) is 6.61. The van der Waals surface area contributed by atoms with Gasteiger partial charge in [0.25, 0.3) is 5.91 Å². The van der Waals surface area contributed by atoms with E-state index < -0.39 is 6.10 Å². The first-order chi connectivity index (χ1) is 12.1. The molecule has 0 bridgehead atoms. The third-order valence-electron chi connectivity index (χ3n) is 4.92. The van der Waals surface area contributed by atoms with Gasteiger partial charge in [-0.05, 0) is 50.1 Å². The summed E-state index contributed by atoms with van der Waals surface area (Å²) < 4.78 is 5.95. The second kappa shape index (κ2) is 7.60. The molecule has 1 amide bonds. The summed E-state index contributed by atoms with van der Waals surface area (Å²) in [7, 11) is 0. The molecule has 0 aliphatic carbocycles. The Balaban J connectivity index is 1.58. The zero-order valence-electron chi connectivity index (χ0n) is 15.2. The number of para-hydroxylation sites is 1. The van der Waals surface area contributed by atoms with E-state index in [2.05, 4.69) is 30.0 Å². The average molecular weight is 338 g/mol. The van der Waals surface area contributed by atoms with Crippen LogP contribution in [0.5, 0.6) is 5.75 Å². The monoisotopic (exact) mass is 338 g/mol. The van der Waals surface area contributed by atoms with Crippen LogP contribution >= 0.6 is 0 Å². The summed E-state index contributed by atoms with van der Waals surface area (Å²) in [6, 6.07) is 16.3. The van der Waals surface area contributed by atoms with E-state index in [1.54, 1.807) is 0 Å². The predicted molar refractivity (Wildman–Crippen MR) is 101 cm³/mol. The maximum absolute atomic E-state index is 12.7. The molecule has 4 heteroatoms. The van der Waals surface area contributed by atoms with Gasteiger partial charge < -0.3 is 14.5 Å². The van der Waals surface area contributed by atoms with Crippen molar-refractivity contribution in [3.8, 4) is 5.75 Å². The minimum atomic E-state index is -0.469. The lowest BCUT2D eigenvalue weighted by molar-refractivity contribution is -0.138. The Morgan fingerprint density at radius 3 is 2.32 bits per heavy atom. The molecule has 1 aliphatic rings. The fourth-order valence-electron chi connectivity index (χ4n) is 3.17. The maximum atomic E-state index is 12.7. The molecule has 0 radical (unpaired) electrons. The van der Waals surface area contributed by atoms with Crippen molar-refractivity contribution in [1.82, 2.24) is 4.90 Å². The average Bonchev–Trinajstić information content (AvgIpc) is 2.65. The number of benzene rings is 2. The van der Waals surface area contributed by atoms with E-state index in [9.17, 15) is 4.79 Å². The van der Waals surface area contributed by atoms with Gasteiger partial charge in [0.2, 0.25) is 0 Å². The summed E-state index contributed by atoms with van der Waals surface area (Å²) in [5, 5.41) is 0. The molecular weight excluding hydrogens is 312 g/mol. The number of amides is 1. The van der Waals surface area contributed by atoms with Gasteiger partial charge >= 0.3 is 0 Å². The fraction of sp³-hybridized carbons (Fsp3) is 0.381. The molecule has 4 nitrogen and oxygen atoms in total. The Morgan fingerprint density at radius 1 is 0.960 bits per heavy atom. The molecule has 3 rings (SSSR count). The molecule has 1 atom stereocenters. The molecule has 25 heavy (non-hydrogen) atoms. The van der Waals surface area contributed by atoms with Crippen LogP contribution in [0.1, 0.15) is 18.1 Å². The zero-order valence-corrected chi connectivity index (χ0v) is 15.2. The summed E-state index contributed by atoms with van der Waals surface area (Å²) in [6.45, 7) is 9.09. The van der Waals surface area contributed by atoms with Crippen molar-refractivity contribution >= 4 is 11.6 Å². The van der Waals surface area contributed by atoms with E-state index in [1.165, 1.54) is 11.3 Å². The van der Waals surface area contributed by atoms with Crippen LogP contribution in [0, 0.1) is 13.8 Å². The van der Waals surface area contributed by atoms with Gasteiger partial charge in [0.1, 0.15) is 5.75 Å². The Labute approximate surface area is 150 Å². The van der Waals surface area contributed by atoms with E-state index in [1.807, 2.05) is 49.1 Å². The van der Waals surface area contributed by atoms with Crippen molar-refractivity contribution in [1.29, 1.82) is 0 Å². The molecule has 132 valence electrons. The zero-order chi connectivity index (χ0) is 17.8. The van der Waals surface area contributed by atoms with Crippen molar-refractivity contribution in [2.24, 2.45) is 0 Å². The Morgan fingerprint density at radius 2 is 1.64 bits per heavy atom. The first-order valence-corrected chi connectivity index (χ1v) is 8.88. The number of hydrogen-bond donors (Lipinski definition) is 0. The number of carbonyl (C=O) groups excluding carboxylic acids is 1. The standard InChI is InChI=1S/C21H26N2O2/c1-16-8-7-11-20(17(16)2)25-18(3)21(24)23-14-12-22(13-15-23)19-9-5-4-6-10-19/h4-11,18H,12-15H2,1-3H3/t18-/m1/s1. The molecule has 0 spiro atoms. The summed E-state index contributed by atoms with van der Waals surface area (Å²) in [5.41, 5.74) is 3.49. The SMILES string of the molecule is Cc1cccc(O[C@H](C)C(=O)N2CCN(c3ccccc3)CC2)c1C. The van der Waals surface area contributed by atoms with Crippen LogP contribution in [0.3, 0.4) is 0 Å². The Bertz CT molecular complexity index is 722. The largest absolute Gasteiger partial charge is 0.481 e. The third kappa shape index (κ3) is 3.95. The molecule has 2 aromatic carbocycles. The van der Waals surface area contributed by atoms with Crippen LogP contribution in [-0.2, 0) is 4.79 Å². The van der Waals surface area contributed by atoms with E-state index in [4.69, 9.17) is 4.74 Å². The maximum Gasteiger partial charge on any atom is 0.263 e. The number of hydrogen-bond acceptors (Lipinski definition) is 3. The van der Waals surface area contributed by atoms with Crippen molar-refractivity contribution < 1.29 is 9.53 Å². The number of carbonyl (C=O) groups is 1. The van der Waals surface area contributed by atoms with Crippen molar-refractivity contribution in [2.45, 2.75) is 26.9 Å². The van der Waals surface area contributed by atoms with Crippen LogP contribution in [0.4, 0.5) is 5.69 Å². The molecule has 2 aromatic rings. The van der Waals surface area contributed by atoms with E-state index in [0.29, 0.717) is 0 Å². The Kier molecular flexibility index (Phi) is 5.27. The van der Waals surface area contributed by atoms with Crippen LogP contribution in [0.25, 0.3) is 0 Å². The Hall–Kier alpha value is -2.49. The van der Waals surface area contributed by atoms with Gasteiger partial charge in [-0.15, -0.1) is 0 Å². The summed E-state index contributed by atoms with van der Waals surface area (Å²) in [4.78, 5) is 17.0. The first-order valence-electron chi connectivity index (χ1n) is 8.88. The second-order valence-corrected chi connectivity index (χ2v) is 6.61. The number of anilines is 1. The molecule has 1 aliphatic heterocycles. The number of rotatable bonds is 4. The van der Waals surface area contributed by atoms with Gasteiger partial charge in [-0.2, -0.15) is 0 Å². The number of piperazine rings is 1. The smallest absolute Gasteiger partial charge is 0.263 e. The highest BCUT2D eigenvalue weighted by molar-refractivity contribution is 5.81. The van der Waals surface area contributed by atoms with Gasteiger partial charge in [-0.1, -0.05) is 30.3 Å². The van der Waals surface area contributed by atoms with Gasteiger partial charge in [0.05, 0.1) is 0 Å². The molecule has 0 aromatic heterocycles. The van der Waals surface area contributed by atoms with Crippen molar-refractivity contribution in [2.75, 3.05) is 31.1 Å². The lowest BCUT2D eigenvalue weighted by Gasteiger charge is -2.37. The van der Waals surface area contributed by atoms with Crippen LogP contribution in [-0.4, -0.2) is 43.1 Å². The lowest BCUT2D eigenvalue weighted by Crippen LogP contribution is -2.52. The highest BCUT2D eigenvalue weighted by Crippen LogP contribution is 2.22. The predicted octanol–water partition coefficient (Wildman–Crippen LogP) is 3.42. The van der Waals surface area contributed by atoms with Gasteiger partial charge in [0.15, 0.2) is 6.10 Å². The fourth-order valence-corrected chi connectivity index (χ4v) is 3.17. The molecule has 0 N–H and O–H groups in total. The molecule has 1 heterocycles. The van der Waals surface area contributed by atoms with Crippen LogP contribution in [0.2, 0.25) is 0 Å². The third-order valence-corrected chi connectivity index (χ3v) is 4.92. The van der Waals surface area contributed by atoms with Crippen LogP contribution in [0.15, 0.2) is 48.5 Å². The summed E-state index contributed by atoms with van der Waals surface area (Å²) >= 11 is 0.